The second-order valence-corrected chi connectivity index (χ2v) is 7.96. The first-order chi connectivity index (χ1) is 14.3. The number of amides is 2. The van der Waals surface area contributed by atoms with E-state index in [0.717, 1.165) is 11.3 Å². The van der Waals surface area contributed by atoms with Crippen LogP contribution >= 0.6 is 0 Å². The number of hydrogen-bond donors (Lipinski definition) is 1. The quantitative estimate of drug-likeness (QED) is 0.781. The molecule has 1 N–H and O–H groups in total. The molecule has 1 fully saturated rings. The molecule has 0 atom stereocenters. The Balaban J connectivity index is 1.49. The van der Waals surface area contributed by atoms with Crippen molar-refractivity contribution < 1.29 is 14.3 Å². The monoisotopic (exact) mass is 409 g/mol. The van der Waals surface area contributed by atoms with Crippen LogP contribution in [0.15, 0.2) is 48.9 Å². The Labute approximate surface area is 176 Å². The lowest BCUT2D eigenvalue weighted by Gasteiger charge is -2.36. The van der Waals surface area contributed by atoms with Crippen molar-refractivity contribution in [2.24, 2.45) is 0 Å². The number of nitrogens with zero attached hydrogens (tertiary/aromatic N) is 4. The molecule has 1 saturated heterocycles. The van der Waals surface area contributed by atoms with Crippen molar-refractivity contribution in [2.45, 2.75) is 26.4 Å². The van der Waals surface area contributed by atoms with Gasteiger partial charge in [0.25, 0.3) is 0 Å². The van der Waals surface area contributed by atoms with Crippen LogP contribution < -0.4 is 10.2 Å². The summed E-state index contributed by atoms with van der Waals surface area (Å²) in [5.41, 5.74) is 1.35. The first kappa shape index (κ1) is 21.3. The van der Waals surface area contributed by atoms with E-state index in [2.05, 4.69) is 20.2 Å². The van der Waals surface area contributed by atoms with Gasteiger partial charge < -0.3 is 19.9 Å². The van der Waals surface area contributed by atoms with E-state index in [1.807, 2.05) is 39.0 Å². The van der Waals surface area contributed by atoms with Gasteiger partial charge in [-0.1, -0.05) is 0 Å². The lowest BCUT2D eigenvalue weighted by Crippen LogP contribution is -2.50. The van der Waals surface area contributed by atoms with Crippen LogP contribution in [0, 0.1) is 0 Å². The number of aromatic nitrogens is 2. The van der Waals surface area contributed by atoms with Gasteiger partial charge in [0.15, 0.2) is 0 Å². The first-order valence-corrected chi connectivity index (χ1v) is 9.88. The van der Waals surface area contributed by atoms with Gasteiger partial charge >= 0.3 is 6.09 Å². The number of anilines is 2. The zero-order valence-electron chi connectivity index (χ0n) is 17.5. The molecule has 0 saturated carbocycles. The third kappa shape index (κ3) is 6.30. The second-order valence-electron chi connectivity index (χ2n) is 7.96. The predicted molar refractivity (Wildman–Crippen MR) is 116 cm³/mol. The maximum Gasteiger partial charge on any atom is 0.410 e. The summed E-state index contributed by atoms with van der Waals surface area (Å²) in [6.45, 7) is 8.16. The molecule has 0 aliphatic carbocycles. The molecule has 8 nitrogen and oxygen atoms in total. The SMILES string of the molecule is CC(C)(C)OC(=O)N1CCN(c2ccc(NC(=O)/C=C/c3ccncc3)nc2)CC1. The minimum Gasteiger partial charge on any atom is -0.444 e. The van der Waals surface area contributed by atoms with Crippen LogP contribution in [-0.2, 0) is 9.53 Å². The average molecular weight is 409 g/mol. The highest BCUT2D eigenvalue weighted by Gasteiger charge is 2.26. The summed E-state index contributed by atoms with van der Waals surface area (Å²) >= 11 is 0. The van der Waals surface area contributed by atoms with Gasteiger partial charge in [0, 0.05) is 44.6 Å². The molecule has 0 radical (unpaired) electrons. The molecule has 30 heavy (non-hydrogen) atoms. The van der Waals surface area contributed by atoms with E-state index in [1.165, 1.54) is 6.08 Å². The molecule has 0 spiro atoms. The fourth-order valence-electron chi connectivity index (χ4n) is 2.94. The summed E-state index contributed by atoms with van der Waals surface area (Å²) in [7, 11) is 0. The number of pyridine rings is 2. The number of carbonyl (C=O) groups is 2. The highest BCUT2D eigenvalue weighted by atomic mass is 16.6. The Morgan fingerprint density at radius 1 is 1.07 bits per heavy atom. The van der Waals surface area contributed by atoms with Gasteiger partial charge in [0.1, 0.15) is 11.4 Å². The molecule has 2 aromatic rings. The van der Waals surface area contributed by atoms with Crippen LogP contribution in [-0.4, -0.2) is 58.6 Å². The van der Waals surface area contributed by atoms with E-state index in [1.54, 1.807) is 35.6 Å². The van der Waals surface area contributed by atoms with Crippen molar-refractivity contribution in [3.8, 4) is 0 Å². The number of rotatable bonds is 4. The molecule has 2 amide bonds. The Kier molecular flexibility index (Phi) is 6.66. The second kappa shape index (κ2) is 9.39. The fourth-order valence-corrected chi connectivity index (χ4v) is 2.94. The molecule has 0 unspecified atom stereocenters. The van der Waals surface area contributed by atoms with Crippen LogP contribution in [0.1, 0.15) is 26.3 Å². The van der Waals surface area contributed by atoms with Crippen molar-refractivity contribution in [1.29, 1.82) is 0 Å². The van der Waals surface area contributed by atoms with E-state index < -0.39 is 5.60 Å². The van der Waals surface area contributed by atoms with Gasteiger partial charge in [-0.25, -0.2) is 9.78 Å². The molecule has 0 bridgehead atoms. The Bertz CT molecular complexity index is 883. The smallest absolute Gasteiger partial charge is 0.410 e. The molecule has 3 rings (SSSR count). The van der Waals surface area contributed by atoms with Gasteiger partial charge in [0.2, 0.25) is 5.91 Å². The minimum absolute atomic E-state index is 0.252. The molecule has 158 valence electrons. The third-order valence-corrected chi connectivity index (χ3v) is 4.43. The van der Waals surface area contributed by atoms with Gasteiger partial charge in [-0.05, 0) is 56.7 Å². The van der Waals surface area contributed by atoms with Crippen molar-refractivity contribution in [3.05, 3.63) is 54.5 Å². The summed E-state index contributed by atoms with van der Waals surface area (Å²) in [5, 5.41) is 2.75. The maximum absolute atomic E-state index is 12.2. The van der Waals surface area contributed by atoms with E-state index in [-0.39, 0.29) is 12.0 Å². The van der Waals surface area contributed by atoms with Crippen LogP contribution in [0.2, 0.25) is 0 Å². The Morgan fingerprint density at radius 2 is 1.77 bits per heavy atom. The Hall–Kier alpha value is -3.42. The highest BCUT2D eigenvalue weighted by Crippen LogP contribution is 2.18. The fraction of sp³-hybridized carbons (Fsp3) is 0.364. The van der Waals surface area contributed by atoms with Crippen LogP contribution in [0.4, 0.5) is 16.3 Å². The summed E-state index contributed by atoms with van der Waals surface area (Å²) in [6, 6.07) is 7.32. The van der Waals surface area contributed by atoms with Crippen molar-refractivity contribution in [2.75, 3.05) is 36.4 Å². The molecule has 3 heterocycles. The van der Waals surface area contributed by atoms with E-state index in [0.29, 0.717) is 32.0 Å². The van der Waals surface area contributed by atoms with Gasteiger partial charge in [-0.2, -0.15) is 0 Å². The highest BCUT2D eigenvalue weighted by molar-refractivity contribution is 6.01. The van der Waals surface area contributed by atoms with E-state index in [4.69, 9.17) is 4.74 Å². The third-order valence-electron chi connectivity index (χ3n) is 4.43. The van der Waals surface area contributed by atoms with Crippen LogP contribution in [0.3, 0.4) is 0 Å². The summed E-state index contributed by atoms with van der Waals surface area (Å²) in [5.74, 6) is 0.230. The molecule has 0 aromatic carbocycles. The van der Waals surface area contributed by atoms with Crippen molar-refractivity contribution in [1.82, 2.24) is 14.9 Å². The summed E-state index contributed by atoms with van der Waals surface area (Å²) in [4.78, 5) is 36.4. The molecule has 2 aromatic heterocycles. The van der Waals surface area contributed by atoms with Gasteiger partial charge in [0.05, 0.1) is 11.9 Å². The normalized spacial score (nSPS) is 14.6. The lowest BCUT2D eigenvalue weighted by molar-refractivity contribution is -0.111. The van der Waals surface area contributed by atoms with E-state index in [9.17, 15) is 9.59 Å². The van der Waals surface area contributed by atoms with Crippen molar-refractivity contribution >= 4 is 29.6 Å². The average Bonchev–Trinajstić information content (AvgIpc) is 2.72. The zero-order chi connectivity index (χ0) is 21.6. The molecular formula is C22H27N5O3. The summed E-state index contributed by atoms with van der Waals surface area (Å²) < 4.78 is 5.43. The first-order valence-electron chi connectivity index (χ1n) is 9.88. The number of piperazine rings is 1. The topological polar surface area (TPSA) is 87.7 Å². The number of hydrogen-bond acceptors (Lipinski definition) is 6. The number of ether oxygens (including phenoxy) is 1. The van der Waals surface area contributed by atoms with Gasteiger partial charge in [-0.3, -0.25) is 9.78 Å². The molecule has 1 aliphatic heterocycles. The largest absolute Gasteiger partial charge is 0.444 e. The van der Waals surface area contributed by atoms with Crippen LogP contribution in [0.25, 0.3) is 6.08 Å². The predicted octanol–water partition coefficient (Wildman–Crippen LogP) is 3.19. The standard InChI is InChI=1S/C22H27N5O3/c1-22(2,3)30-21(29)27-14-12-26(13-15-27)18-5-6-19(24-16-18)25-20(28)7-4-17-8-10-23-11-9-17/h4-11,16H,12-15H2,1-3H3,(H,24,25,28)/b7-4+. The minimum atomic E-state index is -0.494. The lowest BCUT2D eigenvalue weighted by atomic mass is 10.2. The number of nitrogens with one attached hydrogen (secondary N) is 1. The number of carbonyl (C=O) groups excluding carboxylic acids is 2. The molecular weight excluding hydrogens is 382 g/mol. The van der Waals surface area contributed by atoms with Crippen molar-refractivity contribution in [3.63, 3.8) is 0 Å². The molecule has 8 heteroatoms. The van der Waals surface area contributed by atoms with E-state index >= 15 is 0 Å². The summed E-state index contributed by atoms with van der Waals surface area (Å²) in [6.07, 6.45) is 7.97. The maximum atomic E-state index is 12.2. The van der Waals surface area contributed by atoms with Crippen LogP contribution in [0.5, 0.6) is 0 Å². The Morgan fingerprint density at radius 3 is 2.37 bits per heavy atom. The van der Waals surface area contributed by atoms with Gasteiger partial charge in [-0.15, -0.1) is 0 Å². The zero-order valence-corrected chi connectivity index (χ0v) is 17.5. The molecule has 1 aliphatic rings.